The number of aromatic nitrogens is 2. The number of carbonyl (C=O) groups is 1. The maximum Gasteiger partial charge on any atom is 0.258 e. The fourth-order valence-corrected chi connectivity index (χ4v) is 2.35. The van der Waals surface area contributed by atoms with E-state index >= 15 is 0 Å². The molecule has 26 heavy (non-hydrogen) atoms. The maximum atomic E-state index is 12.9. The number of rotatable bonds is 6. The predicted molar refractivity (Wildman–Crippen MR) is 99.8 cm³/mol. The Hall–Kier alpha value is -3.28. The monoisotopic (exact) mass is 350 g/mol. The van der Waals surface area contributed by atoms with Gasteiger partial charge in [-0.1, -0.05) is 29.8 Å². The molecule has 0 spiro atoms. The van der Waals surface area contributed by atoms with Crippen LogP contribution in [-0.4, -0.2) is 22.4 Å². The van der Waals surface area contributed by atoms with Crippen LogP contribution in [0.1, 0.15) is 21.5 Å². The molecule has 2 N–H and O–H groups in total. The minimum atomic E-state index is -0.258. The van der Waals surface area contributed by atoms with Gasteiger partial charge in [0.1, 0.15) is 5.82 Å². The number of hydrogen-bond donors (Lipinski definition) is 2. The van der Waals surface area contributed by atoms with E-state index in [-0.39, 0.29) is 11.7 Å². The first kappa shape index (κ1) is 17.5. The Kier molecular flexibility index (Phi) is 5.53. The first-order valence-electron chi connectivity index (χ1n) is 8.28. The van der Waals surface area contributed by atoms with Gasteiger partial charge in [-0.3, -0.25) is 4.79 Å². The summed E-state index contributed by atoms with van der Waals surface area (Å²) in [5.74, 6) is -0.0599. The van der Waals surface area contributed by atoms with Crippen molar-refractivity contribution in [2.75, 3.05) is 17.2 Å². The van der Waals surface area contributed by atoms with Crippen molar-refractivity contribution in [3.05, 3.63) is 83.4 Å². The molecule has 0 fully saturated rings. The molecule has 1 amide bonds. The van der Waals surface area contributed by atoms with Gasteiger partial charge in [-0.2, -0.15) is 0 Å². The van der Waals surface area contributed by atoms with Crippen molar-refractivity contribution in [1.29, 1.82) is 0 Å². The second-order valence-corrected chi connectivity index (χ2v) is 5.92. The van der Waals surface area contributed by atoms with Crippen LogP contribution in [0, 0.1) is 12.7 Å². The lowest BCUT2D eigenvalue weighted by Crippen LogP contribution is -2.14. The Morgan fingerprint density at radius 2 is 1.65 bits per heavy atom. The first-order chi connectivity index (χ1) is 12.6. The van der Waals surface area contributed by atoms with Crippen LogP contribution in [0.4, 0.5) is 16.0 Å². The Bertz CT molecular complexity index is 862. The Morgan fingerprint density at radius 3 is 2.31 bits per heavy atom. The van der Waals surface area contributed by atoms with Crippen LogP contribution in [0.3, 0.4) is 0 Å². The number of benzene rings is 2. The van der Waals surface area contributed by atoms with Gasteiger partial charge in [-0.25, -0.2) is 14.4 Å². The summed E-state index contributed by atoms with van der Waals surface area (Å²) in [4.78, 5) is 20.5. The average molecular weight is 350 g/mol. The van der Waals surface area contributed by atoms with E-state index < -0.39 is 0 Å². The summed E-state index contributed by atoms with van der Waals surface area (Å²) >= 11 is 0. The van der Waals surface area contributed by atoms with Crippen LogP contribution in [0.2, 0.25) is 0 Å². The number of anilines is 2. The standard InChI is InChI=1S/C20H19FN4O/c1-14-2-8-18(9-3-14)25-19(26)16-12-23-20(24-13-16)22-11-10-15-4-6-17(21)7-5-15/h2-9,12-13H,10-11H2,1H3,(H,25,26)(H,22,23,24). The number of halogens is 1. The van der Waals surface area contributed by atoms with E-state index in [2.05, 4.69) is 20.6 Å². The van der Waals surface area contributed by atoms with E-state index in [0.29, 0.717) is 18.1 Å². The molecule has 0 radical (unpaired) electrons. The molecule has 0 bridgehead atoms. The summed E-state index contributed by atoms with van der Waals surface area (Å²) in [6.07, 6.45) is 3.69. The third-order valence-electron chi connectivity index (χ3n) is 3.83. The highest BCUT2D eigenvalue weighted by molar-refractivity contribution is 6.03. The minimum absolute atomic E-state index is 0.246. The number of aryl methyl sites for hydroxylation is 1. The van der Waals surface area contributed by atoms with Crippen molar-refractivity contribution in [2.24, 2.45) is 0 Å². The summed E-state index contributed by atoms with van der Waals surface area (Å²) in [5.41, 5.74) is 3.26. The van der Waals surface area contributed by atoms with Crippen molar-refractivity contribution in [2.45, 2.75) is 13.3 Å². The molecule has 0 atom stereocenters. The first-order valence-corrected chi connectivity index (χ1v) is 8.28. The molecular formula is C20H19FN4O. The highest BCUT2D eigenvalue weighted by Gasteiger charge is 2.07. The number of nitrogens with one attached hydrogen (secondary N) is 2. The summed E-state index contributed by atoms with van der Waals surface area (Å²) in [6.45, 7) is 2.60. The van der Waals surface area contributed by atoms with Gasteiger partial charge in [0.25, 0.3) is 5.91 Å². The zero-order chi connectivity index (χ0) is 18.4. The SMILES string of the molecule is Cc1ccc(NC(=O)c2cnc(NCCc3ccc(F)cc3)nc2)cc1. The molecule has 0 saturated carbocycles. The third kappa shape index (κ3) is 4.86. The normalized spacial score (nSPS) is 10.4. The van der Waals surface area contributed by atoms with E-state index in [4.69, 9.17) is 0 Å². The second-order valence-electron chi connectivity index (χ2n) is 5.92. The third-order valence-corrected chi connectivity index (χ3v) is 3.83. The van der Waals surface area contributed by atoms with Crippen molar-refractivity contribution in [1.82, 2.24) is 9.97 Å². The zero-order valence-corrected chi connectivity index (χ0v) is 14.4. The predicted octanol–water partition coefficient (Wildman–Crippen LogP) is 3.83. The number of amides is 1. The van der Waals surface area contributed by atoms with Gasteiger partial charge in [-0.05, 0) is 43.2 Å². The average Bonchev–Trinajstić information content (AvgIpc) is 2.66. The fraction of sp³-hybridized carbons (Fsp3) is 0.150. The lowest BCUT2D eigenvalue weighted by atomic mass is 10.1. The van der Waals surface area contributed by atoms with Gasteiger partial charge < -0.3 is 10.6 Å². The Balaban J connectivity index is 1.51. The van der Waals surface area contributed by atoms with E-state index in [1.165, 1.54) is 24.5 Å². The van der Waals surface area contributed by atoms with E-state index in [9.17, 15) is 9.18 Å². The number of carbonyl (C=O) groups excluding carboxylic acids is 1. The Labute approximate surface area is 151 Å². The van der Waals surface area contributed by atoms with E-state index in [0.717, 1.165) is 23.2 Å². The molecule has 0 unspecified atom stereocenters. The van der Waals surface area contributed by atoms with Gasteiger partial charge in [0.05, 0.1) is 5.56 Å². The highest BCUT2D eigenvalue weighted by Crippen LogP contribution is 2.11. The fourth-order valence-electron chi connectivity index (χ4n) is 2.35. The summed E-state index contributed by atoms with van der Waals surface area (Å²) in [5, 5.41) is 5.89. The van der Waals surface area contributed by atoms with Gasteiger partial charge in [0, 0.05) is 24.6 Å². The molecule has 0 saturated heterocycles. The molecular weight excluding hydrogens is 331 g/mol. The molecule has 5 nitrogen and oxygen atoms in total. The molecule has 1 aromatic heterocycles. The van der Waals surface area contributed by atoms with E-state index in [1.807, 2.05) is 31.2 Å². The molecule has 0 aliphatic carbocycles. The topological polar surface area (TPSA) is 66.9 Å². The molecule has 132 valence electrons. The molecule has 3 aromatic rings. The summed E-state index contributed by atoms with van der Waals surface area (Å²) in [6, 6.07) is 13.9. The van der Waals surface area contributed by atoms with Crippen LogP contribution in [-0.2, 0) is 6.42 Å². The molecule has 0 aliphatic heterocycles. The van der Waals surface area contributed by atoms with Crippen LogP contribution in [0.25, 0.3) is 0 Å². The zero-order valence-electron chi connectivity index (χ0n) is 14.4. The largest absolute Gasteiger partial charge is 0.354 e. The van der Waals surface area contributed by atoms with Crippen molar-refractivity contribution in [3.63, 3.8) is 0 Å². The van der Waals surface area contributed by atoms with Crippen LogP contribution < -0.4 is 10.6 Å². The van der Waals surface area contributed by atoms with Crippen LogP contribution in [0.5, 0.6) is 0 Å². The van der Waals surface area contributed by atoms with E-state index in [1.54, 1.807) is 12.1 Å². The molecule has 1 heterocycles. The van der Waals surface area contributed by atoms with Crippen LogP contribution in [0.15, 0.2) is 60.9 Å². The summed E-state index contributed by atoms with van der Waals surface area (Å²) in [7, 11) is 0. The smallest absolute Gasteiger partial charge is 0.258 e. The van der Waals surface area contributed by atoms with Gasteiger partial charge >= 0.3 is 0 Å². The van der Waals surface area contributed by atoms with Crippen molar-refractivity contribution >= 4 is 17.5 Å². The molecule has 3 rings (SSSR count). The minimum Gasteiger partial charge on any atom is -0.354 e. The molecule has 2 aromatic carbocycles. The Morgan fingerprint density at radius 1 is 1.00 bits per heavy atom. The van der Waals surface area contributed by atoms with Crippen LogP contribution >= 0.6 is 0 Å². The lowest BCUT2D eigenvalue weighted by Gasteiger charge is -2.07. The maximum absolute atomic E-state index is 12.9. The van der Waals surface area contributed by atoms with Gasteiger partial charge in [-0.15, -0.1) is 0 Å². The van der Waals surface area contributed by atoms with Gasteiger partial charge in [0.15, 0.2) is 0 Å². The molecule has 0 aliphatic rings. The van der Waals surface area contributed by atoms with Gasteiger partial charge in [0.2, 0.25) is 5.95 Å². The number of hydrogen-bond acceptors (Lipinski definition) is 4. The van der Waals surface area contributed by atoms with Crippen molar-refractivity contribution < 1.29 is 9.18 Å². The molecule has 6 heteroatoms. The number of nitrogens with zero attached hydrogens (tertiary/aromatic N) is 2. The van der Waals surface area contributed by atoms with Crippen molar-refractivity contribution in [3.8, 4) is 0 Å². The summed E-state index contributed by atoms with van der Waals surface area (Å²) < 4.78 is 12.9. The highest BCUT2D eigenvalue weighted by atomic mass is 19.1. The lowest BCUT2D eigenvalue weighted by molar-refractivity contribution is 0.102. The quantitative estimate of drug-likeness (QED) is 0.709. The second kappa shape index (κ2) is 8.20.